The molecule has 3 rings (SSSR count). The van der Waals surface area contributed by atoms with Gasteiger partial charge in [0.1, 0.15) is 5.76 Å². The Morgan fingerprint density at radius 1 is 1.19 bits per heavy atom. The molecule has 0 saturated carbocycles. The molecular weight excluding hydrogens is 392 g/mol. The molecule has 1 aromatic heterocycles. The number of esters is 1. The number of piperidine rings is 1. The number of furan rings is 1. The van der Waals surface area contributed by atoms with Crippen molar-refractivity contribution in [1.29, 1.82) is 0 Å². The SMILES string of the molecule is CCOC(=O)C1CCN(C(=NC)NCc2ccccc2CN(C)Cc2ccco2)CC1. The fourth-order valence-corrected chi connectivity index (χ4v) is 3.99. The number of nitrogens with zero attached hydrogens (tertiary/aromatic N) is 3. The van der Waals surface area contributed by atoms with Crippen molar-refractivity contribution in [2.45, 2.75) is 39.4 Å². The summed E-state index contributed by atoms with van der Waals surface area (Å²) in [6.07, 6.45) is 3.31. The van der Waals surface area contributed by atoms with Crippen LogP contribution in [-0.2, 0) is 29.2 Å². The number of carbonyl (C=O) groups excluding carboxylic acids is 1. The molecule has 0 radical (unpaired) electrons. The summed E-state index contributed by atoms with van der Waals surface area (Å²) in [6.45, 7) is 6.21. The van der Waals surface area contributed by atoms with Crippen LogP contribution in [0, 0.1) is 5.92 Å². The van der Waals surface area contributed by atoms with E-state index in [4.69, 9.17) is 9.15 Å². The predicted molar refractivity (Wildman–Crippen MR) is 121 cm³/mol. The Morgan fingerprint density at radius 2 is 1.94 bits per heavy atom. The summed E-state index contributed by atoms with van der Waals surface area (Å²) in [5, 5.41) is 3.51. The lowest BCUT2D eigenvalue weighted by molar-refractivity contribution is -0.149. The van der Waals surface area contributed by atoms with E-state index in [-0.39, 0.29) is 11.9 Å². The summed E-state index contributed by atoms with van der Waals surface area (Å²) in [7, 11) is 3.90. The zero-order chi connectivity index (χ0) is 22.1. The molecule has 168 valence electrons. The molecule has 31 heavy (non-hydrogen) atoms. The minimum Gasteiger partial charge on any atom is -0.468 e. The van der Waals surface area contributed by atoms with Gasteiger partial charge < -0.3 is 19.4 Å². The van der Waals surface area contributed by atoms with Gasteiger partial charge in [0.05, 0.1) is 25.3 Å². The smallest absolute Gasteiger partial charge is 0.309 e. The van der Waals surface area contributed by atoms with E-state index < -0.39 is 0 Å². The molecule has 0 atom stereocenters. The van der Waals surface area contributed by atoms with Crippen molar-refractivity contribution in [2.24, 2.45) is 10.9 Å². The van der Waals surface area contributed by atoms with Crippen molar-refractivity contribution >= 4 is 11.9 Å². The number of rotatable bonds is 8. The first-order valence-electron chi connectivity index (χ1n) is 11.0. The highest BCUT2D eigenvalue weighted by Gasteiger charge is 2.27. The fraction of sp³-hybridized carbons (Fsp3) is 0.500. The van der Waals surface area contributed by atoms with Crippen LogP contribution in [0.4, 0.5) is 0 Å². The van der Waals surface area contributed by atoms with Gasteiger partial charge in [0.2, 0.25) is 0 Å². The average molecular weight is 427 g/mol. The van der Waals surface area contributed by atoms with Crippen LogP contribution in [0.25, 0.3) is 0 Å². The van der Waals surface area contributed by atoms with Gasteiger partial charge in [0.15, 0.2) is 5.96 Å². The third kappa shape index (κ3) is 6.59. The lowest BCUT2D eigenvalue weighted by atomic mass is 9.97. The maximum Gasteiger partial charge on any atom is 0.309 e. The van der Waals surface area contributed by atoms with E-state index in [2.05, 4.69) is 51.4 Å². The van der Waals surface area contributed by atoms with Crippen molar-refractivity contribution in [3.8, 4) is 0 Å². The topological polar surface area (TPSA) is 70.3 Å². The molecule has 1 aromatic carbocycles. The summed E-state index contributed by atoms with van der Waals surface area (Å²) in [5.41, 5.74) is 2.52. The maximum absolute atomic E-state index is 12.0. The van der Waals surface area contributed by atoms with Gasteiger partial charge in [0.25, 0.3) is 0 Å². The van der Waals surface area contributed by atoms with Crippen molar-refractivity contribution in [2.75, 3.05) is 33.8 Å². The van der Waals surface area contributed by atoms with Crippen LogP contribution in [0.15, 0.2) is 52.1 Å². The highest BCUT2D eigenvalue weighted by Crippen LogP contribution is 2.19. The van der Waals surface area contributed by atoms with Gasteiger partial charge in [0, 0.05) is 33.2 Å². The van der Waals surface area contributed by atoms with Gasteiger partial charge in [-0.25, -0.2) is 0 Å². The van der Waals surface area contributed by atoms with Crippen LogP contribution in [-0.4, -0.2) is 55.5 Å². The van der Waals surface area contributed by atoms with Gasteiger partial charge in [-0.2, -0.15) is 0 Å². The Morgan fingerprint density at radius 3 is 2.58 bits per heavy atom. The number of benzene rings is 1. The maximum atomic E-state index is 12.0. The molecule has 7 nitrogen and oxygen atoms in total. The summed E-state index contributed by atoms with van der Waals surface area (Å²) >= 11 is 0. The third-order valence-electron chi connectivity index (χ3n) is 5.63. The second-order valence-electron chi connectivity index (χ2n) is 7.93. The molecule has 2 heterocycles. The second-order valence-corrected chi connectivity index (χ2v) is 7.93. The molecule has 1 aliphatic rings. The second kappa shape index (κ2) is 11.6. The van der Waals surface area contributed by atoms with Crippen molar-refractivity contribution in [1.82, 2.24) is 15.1 Å². The molecule has 0 spiro atoms. The van der Waals surface area contributed by atoms with E-state index in [9.17, 15) is 4.79 Å². The first-order chi connectivity index (χ1) is 15.1. The van der Waals surface area contributed by atoms with Gasteiger partial charge in [-0.3, -0.25) is 14.7 Å². The quantitative estimate of drug-likeness (QED) is 0.397. The molecular formula is C24H34N4O3. The Kier molecular flexibility index (Phi) is 8.53. The summed E-state index contributed by atoms with van der Waals surface area (Å²) in [6, 6.07) is 12.4. The number of hydrogen-bond donors (Lipinski definition) is 1. The minimum atomic E-state index is -0.0716. The largest absolute Gasteiger partial charge is 0.468 e. The van der Waals surface area contributed by atoms with Gasteiger partial charge in [-0.15, -0.1) is 0 Å². The molecule has 0 bridgehead atoms. The zero-order valence-electron chi connectivity index (χ0n) is 18.8. The van der Waals surface area contributed by atoms with Crippen LogP contribution in [0.5, 0.6) is 0 Å². The standard InChI is InChI=1S/C24H34N4O3/c1-4-30-23(29)19-11-13-28(14-12-19)24(25-2)26-16-20-8-5-6-9-21(20)17-27(3)18-22-10-7-15-31-22/h5-10,15,19H,4,11-14,16-18H2,1-3H3,(H,25,26). The summed E-state index contributed by atoms with van der Waals surface area (Å²) in [5.74, 6) is 1.77. The molecule has 1 fully saturated rings. The van der Waals surface area contributed by atoms with Crippen LogP contribution < -0.4 is 5.32 Å². The highest BCUT2D eigenvalue weighted by molar-refractivity contribution is 5.80. The van der Waals surface area contributed by atoms with Gasteiger partial charge in [-0.1, -0.05) is 24.3 Å². The normalized spacial score (nSPS) is 15.4. The van der Waals surface area contributed by atoms with Crippen molar-refractivity contribution < 1.29 is 13.9 Å². The number of aliphatic imine (C=N–C) groups is 1. The van der Waals surface area contributed by atoms with E-state index in [0.717, 1.165) is 50.7 Å². The van der Waals surface area contributed by atoms with Crippen molar-refractivity contribution in [3.63, 3.8) is 0 Å². The molecule has 1 aliphatic heterocycles. The first kappa shape index (κ1) is 22.9. The predicted octanol–water partition coefficient (Wildman–Crippen LogP) is 3.26. The van der Waals surface area contributed by atoms with E-state index in [0.29, 0.717) is 13.2 Å². The van der Waals surface area contributed by atoms with E-state index in [1.54, 1.807) is 6.26 Å². The zero-order valence-corrected chi connectivity index (χ0v) is 18.8. The number of likely N-dealkylation sites (tertiary alicyclic amines) is 1. The van der Waals surface area contributed by atoms with Crippen molar-refractivity contribution in [3.05, 3.63) is 59.5 Å². The molecule has 2 aromatic rings. The Balaban J connectivity index is 1.53. The fourth-order valence-electron chi connectivity index (χ4n) is 3.99. The van der Waals surface area contributed by atoms with E-state index >= 15 is 0 Å². The van der Waals surface area contributed by atoms with Crippen LogP contribution in [0.3, 0.4) is 0 Å². The summed E-state index contributed by atoms with van der Waals surface area (Å²) in [4.78, 5) is 20.9. The van der Waals surface area contributed by atoms with Crippen LogP contribution in [0.2, 0.25) is 0 Å². The molecule has 0 amide bonds. The number of carbonyl (C=O) groups is 1. The van der Waals surface area contributed by atoms with E-state index in [1.165, 1.54) is 11.1 Å². The molecule has 7 heteroatoms. The Bertz CT molecular complexity index is 842. The summed E-state index contributed by atoms with van der Waals surface area (Å²) < 4.78 is 10.6. The lowest BCUT2D eigenvalue weighted by Crippen LogP contribution is -2.46. The average Bonchev–Trinajstić information content (AvgIpc) is 3.28. The first-order valence-corrected chi connectivity index (χ1v) is 11.0. The van der Waals surface area contributed by atoms with Gasteiger partial charge >= 0.3 is 5.97 Å². The third-order valence-corrected chi connectivity index (χ3v) is 5.63. The lowest BCUT2D eigenvalue weighted by Gasteiger charge is -2.33. The van der Waals surface area contributed by atoms with E-state index in [1.807, 2.05) is 26.1 Å². The number of guanidine groups is 1. The number of ether oxygens (including phenoxy) is 1. The highest BCUT2D eigenvalue weighted by atomic mass is 16.5. The molecule has 0 aliphatic carbocycles. The van der Waals surface area contributed by atoms with Crippen LogP contribution in [0.1, 0.15) is 36.7 Å². The Hall–Kier alpha value is -2.80. The Labute approximate surface area is 185 Å². The number of hydrogen-bond acceptors (Lipinski definition) is 5. The monoisotopic (exact) mass is 426 g/mol. The molecule has 1 saturated heterocycles. The van der Waals surface area contributed by atoms with Crippen LogP contribution >= 0.6 is 0 Å². The number of nitrogens with one attached hydrogen (secondary N) is 1. The minimum absolute atomic E-state index is 0.000249. The molecule has 0 unspecified atom stereocenters. The molecule has 1 N–H and O–H groups in total. The van der Waals surface area contributed by atoms with Gasteiger partial charge in [-0.05, 0) is 50.1 Å².